The summed E-state index contributed by atoms with van der Waals surface area (Å²) in [5.74, 6) is -1.57. The Morgan fingerprint density at radius 3 is 2.76 bits per heavy atom. The van der Waals surface area contributed by atoms with E-state index in [1.54, 1.807) is 18.2 Å². The largest absolute Gasteiger partial charge is 0.478 e. The van der Waals surface area contributed by atoms with Crippen LogP contribution in [0.15, 0.2) is 47.2 Å². The number of carboxylic acid groups (broad SMARTS) is 1. The fraction of sp³-hybridized carbons (Fsp3) is 0. The molecular formula is C15H8BrFN2O2. The van der Waals surface area contributed by atoms with Crippen LogP contribution in [0.4, 0.5) is 4.39 Å². The Labute approximate surface area is 127 Å². The van der Waals surface area contributed by atoms with Gasteiger partial charge in [0.25, 0.3) is 0 Å². The van der Waals surface area contributed by atoms with Crippen LogP contribution in [0.25, 0.3) is 22.2 Å². The molecule has 1 aromatic carbocycles. The van der Waals surface area contributed by atoms with Crippen molar-refractivity contribution in [2.75, 3.05) is 0 Å². The number of nitrogens with zero attached hydrogens (tertiary/aromatic N) is 2. The molecule has 104 valence electrons. The molecule has 2 heterocycles. The molecule has 0 atom stereocenters. The molecular weight excluding hydrogens is 339 g/mol. The number of rotatable bonds is 2. The van der Waals surface area contributed by atoms with Crippen LogP contribution in [0, 0.1) is 5.82 Å². The number of halogens is 2. The second-order valence-corrected chi connectivity index (χ2v) is 5.24. The van der Waals surface area contributed by atoms with E-state index in [2.05, 4.69) is 25.9 Å². The summed E-state index contributed by atoms with van der Waals surface area (Å²) >= 11 is 3.33. The third-order valence-electron chi connectivity index (χ3n) is 3.01. The molecule has 6 heteroatoms. The van der Waals surface area contributed by atoms with E-state index in [1.165, 1.54) is 18.3 Å². The van der Waals surface area contributed by atoms with E-state index in [9.17, 15) is 14.3 Å². The van der Waals surface area contributed by atoms with Crippen LogP contribution in [0.5, 0.6) is 0 Å². The van der Waals surface area contributed by atoms with E-state index in [0.717, 1.165) is 6.20 Å². The highest BCUT2D eigenvalue weighted by atomic mass is 79.9. The molecule has 0 radical (unpaired) electrons. The lowest BCUT2D eigenvalue weighted by Gasteiger charge is -2.08. The number of hydrogen-bond acceptors (Lipinski definition) is 3. The smallest absolute Gasteiger partial charge is 0.336 e. The lowest BCUT2D eigenvalue weighted by atomic mass is 10.1. The maximum absolute atomic E-state index is 13.3. The molecule has 0 amide bonds. The standard InChI is InChI=1S/C15H8BrFN2O2/c16-11-2-1-3-12-14(11)10(15(20)21)5-13(19-12)8-4-9(17)7-18-6-8/h1-7H,(H,20,21). The van der Waals surface area contributed by atoms with E-state index >= 15 is 0 Å². The Hall–Kier alpha value is -2.34. The predicted octanol–water partition coefficient (Wildman–Crippen LogP) is 3.90. The normalized spacial score (nSPS) is 10.8. The predicted molar refractivity (Wildman–Crippen MR) is 79.6 cm³/mol. The minimum absolute atomic E-state index is 0.103. The van der Waals surface area contributed by atoms with Crippen molar-refractivity contribution in [2.45, 2.75) is 0 Å². The molecule has 0 saturated heterocycles. The van der Waals surface area contributed by atoms with E-state index < -0.39 is 11.8 Å². The minimum Gasteiger partial charge on any atom is -0.478 e. The second-order valence-electron chi connectivity index (χ2n) is 4.39. The molecule has 1 N–H and O–H groups in total. The summed E-state index contributed by atoms with van der Waals surface area (Å²) in [5, 5.41) is 9.91. The van der Waals surface area contributed by atoms with Crippen molar-refractivity contribution >= 4 is 32.8 Å². The van der Waals surface area contributed by atoms with Crippen LogP contribution >= 0.6 is 15.9 Å². The first-order valence-corrected chi connectivity index (χ1v) is 6.79. The second kappa shape index (κ2) is 5.21. The lowest BCUT2D eigenvalue weighted by Crippen LogP contribution is -2.01. The maximum atomic E-state index is 13.3. The summed E-state index contributed by atoms with van der Waals surface area (Å²) < 4.78 is 13.9. The van der Waals surface area contributed by atoms with Gasteiger partial charge in [-0.15, -0.1) is 0 Å². The molecule has 0 aliphatic carbocycles. The maximum Gasteiger partial charge on any atom is 0.336 e. The third kappa shape index (κ3) is 2.50. The van der Waals surface area contributed by atoms with Crippen molar-refractivity contribution in [3.8, 4) is 11.3 Å². The zero-order valence-corrected chi connectivity index (χ0v) is 12.1. The van der Waals surface area contributed by atoms with Gasteiger partial charge in [-0.1, -0.05) is 22.0 Å². The number of aromatic carboxylic acids is 1. The summed E-state index contributed by atoms with van der Waals surface area (Å²) in [5.41, 5.74) is 1.42. The van der Waals surface area contributed by atoms with Gasteiger partial charge in [0, 0.05) is 21.6 Å². The highest BCUT2D eigenvalue weighted by Gasteiger charge is 2.15. The molecule has 0 unspecified atom stereocenters. The summed E-state index contributed by atoms with van der Waals surface area (Å²) in [7, 11) is 0. The van der Waals surface area contributed by atoms with Crippen LogP contribution in [-0.2, 0) is 0 Å². The van der Waals surface area contributed by atoms with Gasteiger partial charge in [0.05, 0.1) is 23.0 Å². The third-order valence-corrected chi connectivity index (χ3v) is 3.67. The number of carboxylic acids is 1. The van der Waals surface area contributed by atoms with Gasteiger partial charge in [0.2, 0.25) is 0 Å². The van der Waals surface area contributed by atoms with Gasteiger partial charge in [-0.05, 0) is 24.3 Å². The molecule has 0 saturated carbocycles. The van der Waals surface area contributed by atoms with Crippen molar-refractivity contribution in [1.29, 1.82) is 0 Å². The van der Waals surface area contributed by atoms with Crippen molar-refractivity contribution in [3.63, 3.8) is 0 Å². The van der Waals surface area contributed by atoms with Crippen molar-refractivity contribution in [3.05, 3.63) is 58.6 Å². The molecule has 3 rings (SSSR count). The minimum atomic E-state index is -1.07. The van der Waals surface area contributed by atoms with Gasteiger partial charge in [-0.3, -0.25) is 4.98 Å². The molecule has 0 aliphatic rings. The van der Waals surface area contributed by atoms with Gasteiger partial charge >= 0.3 is 5.97 Å². The first-order chi connectivity index (χ1) is 10.1. The van der Waals surface area contributed by atoms with Gasteiger partial charge in [0.1, 0.15) is 5.82 Å². The average molecular weight is 347 g/mol. The van der Waals surface area contributed by atoms with Gasteiger partial charge < -0.3 is 5.11 Å². The average Bonchev–Trinajstić information content (AvgIpc) is 2.46. The number of aromatic nitrogens is 2. The number of pyridine rings is 2. The Morgan fingerprint density at radius 2 is 2.05 bits per heavy atom. The molecule has 3 aromatic rings. The van der Waals surface area contributed by atoms with Crippen LogP contribution in [0.2, 0.25) is 0 Å². The number of fused-ring (bicyclic) bond motifs is 1. The summed E-state index contributed by atoms with van der Waals surface area (Å²) in [4.78, 5) is 19.6. The highest BCUT2D eigenvalue weighted by Crippen LogP contribution is 2.30. The molecule has 0 aliphatic heterocycles. The van der Waals surface area contributed by atoms with Crippen LogP contribution < -0.4 is 0 Å². The number of hydrogen-bond donors (Lipinski definition) is 1. The van der Waals surface area contributed by atoms with E-state index in [0.29, 0.717) is 26.6 Å². The molecule has 4 nitrogen and oxygen atoms in total. The van der Waals surface area contributed by atoms with Crippen LogP contribution in [-0.4, -0.2) is 21.0 Å². The van der Waals surface area contributed by atoms with Crippen LogP contribution in [0.3, 0.4) is 0 Å². The van der Waals surface area contributed by atoms with E-state index in [-0.39, 0.29) is 5.56 Å². The Morgan fingerprint density at radius 1 is 1.24 bits per heavy atom. The van der Waals surface area contributed by atoms with Gasteiger partial charge in [0.15, 0.2) is 0 Å². The highest BCUT2D eigenvalue weighted by molar-refractivity contribution is 9.10. The van der Waals surface area contributed by atoms with Crippen LogP contribution in [0.1, 0.15) is 10.4 Å². The number of carbonyl (C=O) groups is 1. The fourth-order valence-corrected chi connectivity index (χ4v) is 2.68. The Bertz CT molecular complexity index is 867. The first-order valence-electron chi connectivity index (χ1n) is 6.00. The molecule has 0 spiro atoms. The van der Waals surface area contributed by atoms with E-state index in [1.807, 2.05) is 0 Å². The van der Waals surface area contributed by atoms with Gasteiger partial charge in [-0.2, -0.15) is 0 Å². The first kappa shape index (κ1) is 13.6. The molecule has 2 aromatic heterocycles. The van der Waals surface area contributed by atoms with Crippen molar-refractivity contribution in [1.82, 2.24) is 9.97 Å². The molecule has 0 fully saturated rings. The summed E-state index contributed by atoms with van der Waals surface area (Å²) in [6, 6.07) is 7.91. The van der Waals surface area contributed by atoms with Gasteiger partial charge in [-0.25, -0.2) is 14.2 Å². The number of benzene rings is 1. The summed E-state index contributed by atoms with van der Waals surface area (Å²) in [6.07, 6.45) is 2.53. The zero-order chi connectivity index (χ0) is 15.0. The molecule has 21 heavy (non-hydrogen) atoms. The quantitative estimate of drug-likeness (QED) is 0.764. The SMILES string of the molecule is O=C(O)c1cc(-c2cncc(F)c2)nc2cccc(Br)c12. The lowest BCUT2D eigenvalue weighted by molar-refractivity contribution is 0.0699. The van der Waals surface area contributed by atoms with Crippen molar-refractivity contribution < 1.29 is 14.3 Å². The van der Waals surface area contributed by atoms with E-state index in [4.69, 9.17) is 0 Å². The Balaban J connectivity index is 2.34. The molecule has 0 bridgehead atoms. The van der Waals surface area contributed by atoms with Crippen molar-refractivity contribution in [2.24, 2.45) is 0 Å². The topological polar surface area (TPSA) is 63.1 Å². The Kier molecular flexibility index (Phi) is 3.39. The monoisotopic (exact) mass is 346 g/mol. The summed E-state index contributed by atoms with van der Waals surface area (Å²) in [6.45, 7) is 0. The fourth-order valence-electron chi connectivity index (χ4n) is 2.11. The zero-order valence-electron chi connectivity index (χ0n) is 10.5.